The number of aryl methyl sites for hydroxylation is 1. The third-order valence-electron chi connectivity index (χ3n) is 2.81. The predicted octanol–water partition coefficient (Wildman–Crippen LogP) is 1.62. The quantitative estimate of drug-likeness (QED) is 0.394. The minimum absolute atomic E-state index is 0. The van der Waals surface area contributed by atoms with E-state index in [2.05, 4.69) is 40.0 Å². The van der Waals surface area contributed by atoms with Crippen LogP contribution in [-0.2, 0) is 11.3 Å². The third-order valence-corrected chi connectivity index (χ3v) is 3.81. The van der Waals surface area contributed by atoms with Crippen LogP contribution in [0.25, 0.3) is 0 Å². The second-order valence-corrected chi connectivity index (χ2v) is 6.01. The van der Waals surface area contributed by atoms with Crippen molar-refractivity contribution in [2.24, 2.45) is 4.99 Å². The number of rotatable bonds is 5. The molecule has 1 heterocycles. The van der Waals surface area contributed by atoms with E-state index in [0.29, 0.717) is 12.0 Å². The number of carbonyl (C=O) groups excluding carboxylic acids is 1. The molecule has 1 aliphatic carbocycles. The van der Waals surface area contributed by atoms with Crippen molar-refractivity contribution < 1.29 is 4.79 Å². The molecule has 1 aliphatic rings. The maximum atomic E-state index is 11.5. The van der Waals surface area contributed by atoms with Crippen molar-refractivity contribution in [3.63, 3.8) is 0 Å². The number of halogens is 1. The average Bonchev–Trinajstić information content (AvgIpc) is 3.10. The SMILES string of the molecule is CN=C(NCC(=O)NC1CC1)NCc1ccc(C)s1.I. The van der Waals surface area contributed by atoms with Crippen molar-refractivity contribution >= 4 is 47.2 Å². The van der Waals surface area contributed by atoms with Gasteiger partial charge in [0.1, 0.15) is 0 Å². The molecule has 1 saturated carbocycles. The number of nitrogens with zero attached hydrogens (tertiary/aromatic N) is 1. The van der Waals surface area contributed by atoms with E-state index in [-0.39, 0.29) is 36.4 Å². The molecule has 0 bridgehead atoms. The second-order valence-electron chi connectivity index (χ2n) is 4.63. The van der Waals surface area contributed by atoms with Crippen LogP contribution in [0.1, 0.15) is 22.6 Å². The largest absolute Gasteiger partial charge is 0.352 e. The molecule has 5 nitrogen and oxygen atoms in total. The number of hydrogen-bond donors (Lipinski definition) is 3. The monoisotopic (exact) mass is 408 g/mol. The Hall–Kier alpha value is -0.830. The summed E-state index contributed by atoms with van der Waals surface area (Å²) in [6, 6.07) is 4.60. The fraction of sp³-hybridized carbons (Fsp3) is 0.538. The van der Waals surface area contributed by atoms with Gasteiger partial charge in [0.25, 0.3) is 0 Å². The number of nitrogens with one attached hydrogen (secondary N) is 3. The lowest BCUT2D eigenvalue weighted by atomic mass is 10.4. The molecule has 1 fully saturated rings. The van der Waals surface area contributed by atoms with Gasteiger partial charge < -0.3 is 16.0 Å². The Bertz CT molecular complexity index is 471. The topological polar surface area (TPSA) is 65.5 Å². The zero-order valence-corrected chi connectivity index (χ0v) is 14.9. The summed E-state index contributed by atoms with van der Waals surface area (Å²) in [7, 11) is 1.70. The zero-order valence-electron chi connectivity index (χ0n) is 11.7. The molecule has 0 saturated heterocycles. The number of guanidine groups is 1. The lowest BCUT2D eigenvalue weighted by molar-refractivity contribution is -0.120. The molecule has 0 unspecified atom stereocenters. The van der Waals surface area contributed by atoms with Gasteiger partial charge >= 0.3 is 0 Å². The minimum Gasteiger partial charge on any atom is -0.352 e. The van der Waals surface area contributed by atoms with Gasteiger partial charge in [-0.1, -0.05) is 0 Å². The molecule has 0 radical (unpaired) electrons. The zero-order chi connectivity index (χ0) is 13.7. The van der Waals surface area contributed by atoms with Crippen molar-refractivity contribution in [3.8, 4) is 0 Å². The predicted molar refractivity (Wildman–Crippen MR) is 93.8 cm³/mol. The van der Waals surface area contributed by atoms with Gasteiger partial charge in [-0.25, -0.2) is 0 Å². The number of aliphatic imine (C=N–C) groups is 1. The molecule has 20 heavy (non-hydrogen) atoms. The van der Waals surface area contributed by atoms with Crippen molar-refractivity contribution in [1.29, 1.82) is 0 Å². The van der Waals surface area contributed by atoms with E-state index in [1.807, 2.05) is 0 Å². The van der Waals surface area contributed by atoms with E-state index < -0.39 is 0 Å². The molecule has 0 spiro atoms. The van der Waals surface area contributed by atoms with Gasteiger partial charge in [0.15, 0.2) is 5.96 Å². The molecule has 0 aromatic carbocycles. The standard InChI is InChI=1S/C13H20N4OS.HI/c1-9-3-6-11(19-9)7-15-13(14-2)16-8-12(18)17-10-4-5-10;/h3,6,10H,4-5,7-8H2,1-2H3,(H,17,18)(H2,14,15,16);1H. The van der Waals surface area contributed by atoms with Crippen LogP contribution in [0.5, 0.6) is 0 Å². The van der Waals surface area contributed by atoms with Crippen molar-refractivity contribution in [3.05, 3.63) is 21.9 Å². The highest BCUT2D eigenvalue weighted by Gasteiger charge is 2.22. The Morgan fingerprint density at radius 2 is 2.15 bits per heavy atom. The Labute approximate surface area is 140 Å². The summed E-state index contributed by atoms with van der Waals surface area (Å²) in [5.41, 5.74) is 0. The minimum atomic E-state index is 0. The molecule has 7 heteroatoms. The highest BCUT2D eigenvalue weighted by Crippen LogP contribution is 2.18. The average molecular weight is 408 g/mol. The van der Waals surface area contributed by atoms with Gasteiger partial charge in [-0.3, -0.25) is 9.79 Å². The van der Waals surface area contributed by atoms with Gasteiger partial charge in [0.05, 0.1) is 13.1 Å². The van der Waals surface area contributed by atoms with Gasteiger partial charge in [0, 0.05) is 22.8 Å². The molecular formula is C13H21IN4OS. The maximum absolute atomic E-state index is 11.5. The molecule has 2 rings (SSSR count). The van der Waals surface area contributed by atoms with Crippen molar-refractivity contribution in [1.82, 2.24) is 16.0 Å². The summed E-state index contributed by atoms with van der Waals surface area (Å²) in [6.07, 6.45) is 2.22. The summed E-state index contributed by atoms with van der Waals surface area (Å²) in [6.45, 7) is 3.07. The molecule has 1 aromatic rings. The lowest BCUT2D eigenvalue weighted by Gasteiger charge is -2.11. The molecule has 1 amide bonds. The Kier molecular flexibility index (Phi) is 7.28. The summed E-state index contributed by atoms with van der Waals surface area (Å²) in [4.78, 5) is 18.2. The number of hydrogen-bond acceptors (Lipinski definition) is 3. The summed E-state index contributed by atoms with van der Waals surface area (Å²) in [5, 5.41) is 9.13. The van der Waals surface area contributed by atoms with Gasteiger partial charge in [0.2, 0.25) is 5.91 Å². The fourth-order valence-electron chi connectivity index (χ4n) is 1.64. The van der Waals surface area contributed by atoms with Gasteiger partial charge in [-0.05, 0) is 31.9 Å². The molecule has 3 N–H and O–H groups in total. The first kappa shape index (κ1) is 17.2. The number of thiophene rings is 1. The van der Waals surface area contributed by atoms with E-state index in [1.165, 1.54) is 9.75 Å². The number of amides is 1. The summed E-state index contributed by atoms with van der Waals surface area (Å²) >= 11 is 1.76. The first-order valence-electron chi connectivity index (χ1n) is 6.46. The van der Waals surface area contributed by atoms with Crippen LogP contribution in [0.4, 0.5) is 0 Å². The highest BCUT2D eigenvalue weighted by atomic mass is 127. The van der Waals surface area contributed by atoms with Crippen LogP contribution in [0.2, 0.25) is 0 Å². The van der Waals surface area contributed by atoms with Gasteiger partial charge in [-0.15, -0.1) is 35.3 Å². The van der Waals surface area contributed by atoms with E-state index >= 15 is 0 Å². The molecule has 0 atom stereocenters. The Morgan fingerprint density at radius 3 is 2.70 bits per heavy atom. The van der Waals surface area contributed by atoms with Crippen LogP contribution >= 0.6 is 35.3 Å². The molecule has 112 valence electrons. The van der Waals surface area contributed by atoms with Crippen LogP contribution in [0, 0.1) is 6.92 Å². The highest BCUT2D eigenvalue weighted by molar-refractivity contribution is 14.0. The Morgan fingerprint density at radius 1 is 1.40 bits per heavy atom. The van der Waals surface area contributed by atoms with E-state index in [0.717, 1.165) is 19.4 Å². The fourth-order valence-corrected chi connectivity index (χ4v) is 2.47. The normalized spacial score (nSPS) is 14.4. The van der Waals surface area contributed by atoms with Crippen molar-refractivity contribution in [2.75, 3.05) is 13.6 Å². The number of carbonyl (C=O) groups is 1. The van der Waals surface area contributed by atoms with Crippen molar-refractivity contribution in [2.45, 2.75) is 32.4 Å². The smallest absolute Gasteiger partial charge is 0.239 e. The van der Waals surface area contributed by atoms with Gasteiger partial charge in [-0.2, -0.15) is 0 Å². The first-order valence-corrected chi connectivity index (χ1v) is 7.28. The Balaban J connectivity index is 0.00000200. The van der Waals surface area contributed by atoms with E-state index in [9.17, 15) is 4.79 Å². The lowest BCUT2D eigenvalue weighted by Crippen LogP contribution is -2.43. The van der Waals surface area contributed by atoms with E-state index in [4.69, 9.17) is 0 Å². The summed E-state index contributed by atoms with van der Waals surface area (Å²) in [5.74, 6) is 0.675. The first-order chi connectivity index (χ1) is 9.17. The molecule has 0 aliphatic heterocycles. The second kappa shape index (κ2) is 8.46. The summed E-state index contributed by atoms with van der Waals surface area (Å²) < 4.78 is 0. The van der Waals surface area contributed by atoms with E-state index in [1.54, 1.807) is 18.4 Å². The van der Waals surface area contributed by atoms with Crippen LogP contribution in [0.15, 0.2) is 17.1 Å². The van der Waals surface area contributed by atoms with Crippen LogP contribution in [-0.4, -0.2) is 31.5 Å². The van der Waals surface area contributed by atoms with Crippen LogP contribution < -0.4 is 16.0 Å². The van der Waals surface area contributed by atoms with Crippen LogP contribution in [0.3, 0.4) is 0 Å². The molecular weight excluding hydrogens is 387 g/mol. The maximum Gasteiger partial charge on any atom is 0.239 e. The molecule has 1 aromatic heterocycles. The third kappa shape index (κ3) is 6.08.